The summed E-state index contributed by atoms with van der Waals surface area (Å²) in [6.45, 7) is 1.98. The Morgan fingerprint density at radius 1 is 0.793 bits per heavy atom. The molecule has 0 heterocycles. The van der Waals surface area contributed by atoms with E-state index in [-0.39, 0.29) is 11.9 Å². The minimum Gasteiger partial charge on any atom is -0.341 e. The molecule has 0 aliphatic heterocycles. The Hall–Kier alpha value is -3.39. The van der Waals surface area contributed by atoms with Crippen LogP contribution in [0.4, 0.5) is 0 Å². The van der Waals surface area contributed by atoms with Gasteiger partial charge in [0.1, 0.15) is 0 Å². The lowest BCUT2D eigenvalue weighted by molar-refractivity contribution is 0.0942. The van der Waals surface area contributed by atoms with Crippen LogP contribution < -0.4 is 5.32 Å². The van der Waals surface area contributed by atoms with Crippen LogP contribution >= 0.6 is 0 Å². The first-order chi connectivity index (χ1) is 14.2. The second kappa shape index (κ2) is 7.21. The van der Waals surface area contributed by atoms with Crippen molar-refractivity contribution in [1.29, 1.82) is 0 Å². The Morgan fingerprint density at radius 2 is 1.52 bits per heavy atom. The van der Waals surface area contributed by atoms with Crippen molar-refractivity contribution in [3.63, 3.8) is 0 Å². The molecule has 29 heavy (non-hydrogen) atoms. The minimum absolute atomic E-state index is 0.0415. The highest BCUT2D eigenvalue weighted by Gasteiger charge is 2.23. The first-order valence-electron chi connectivity index (χ1n) is 10.2. The molecule has 2 nitrogen and oxygen atoms in total. The van der Waals surface area contributed by atoms with Crippen LogP contribution in [0, 0.1) is 6.92 Å². The quantitative estimate of drug-likeness (QED) is 0.481. The third-order valence-corrected chi connectivity index (χ3v) is 6.02. The number of carbonyl (C=O) groups excluding carboxylic acids is 1. The van der Waals surface area contributed by atoms with E-state index in [9.17, 15) is 4.79 Å². The summed E-state index contributed by atoms with van der Waals surface area (Å²) < 4.78 is 0. The van der Waals surface area contributed by atoms with Gasteiger partial charge in [-0.1, -0.05) is 78.9 Å². The van der Waals surface area contributed by atoms with E-state index in [2.05, 4.69) is 47.8 Å². The van der Waals surface area contributed by atoms with Gasteiger partial charge in [0, 0.05) is 5.56 Å². The number of nitrogens with one attached hydrogen (secondary N) is 1. The van der Waals surface area contributed by atoms with E-state index in [1.165, 1.54) is 21.9 Å². The summed E-state index contributed by atoms with van der Waals surface area (Å²) >= 11 is 0. The zero-order valence-corrected chi connectivity index (χ0v) is 16.5. The molecule has 5 rings (SSSR count). The number of rotatable bonds is 4. The third-order valence-electron chi connectivity index (χ3n) is 6.02. The Kier molecular flexibility index (Phi) is 4.40. The lowest BCUT2D eigenvalue weighted by Crippen LogP contribution is -2.30. The van der Waals surface area contributed by atoms with E-state index in [0.29, 0.717) is 0 Å². The zero-order chi connectivity index (χ0) is 19.8. The van der Waals surface area contributed by atoms with Crippen LogP contribution in [-0.4, -0.2) is 5.91 Å². The van der Waals surface area contributed by atoms with E-state index in [1.807, 2.05) is 49.4 Å². The van der Waals surface area contributed by atoms with Crippen LogP contribution in [0.3, 0.4) is 0 Å². The van der Waals surface area contributed by atoms with Crippen LogP contribution in [-0.2, 0) is 12.8 Å². The Labute approximate surface area is 171 Å². The molecule has 142 valence electrons. The molecule has 4 aromatic carbocycles. The predicted octanol–water partition coefficient (Wildman–Crippen LogP) is 5.77. The van der Waals surface area contributed by atoms with Crippen molar-refractivity contribution in [3.8, 4) is 0 Å². The molecular formula is C27H23NO. The number of carbonyl (C=O) groups is 1. The largest absolute Gasteiger partial charge is 0.341 e. The van der Waals surface area contributed by atoms with Crippen molar-refractivity contribution in [2.75, 3.05) is 0 Å². The highest BCUT2D eigenvalue weighted by molar-refractivity contribution is 5.97. The number of aryl methyl sites for hydroxylation is 3. The highest BCUT2D eigenvalue weighted by atomic mass is 16.1. The second-order valence-corrected chi connectivity index (χ2v) is 7.79. The molecule has 1 N–H and O–H groups in total. The monoisotopic (exact) mass is 377 g/mol. The van der Waals surface area contributed by atoms with Crippen molar-refractivity contribution in [3.05, 3.63) is 118 Å². The van der Waals surface area contributed by atoms with Gasteiger partial charge in [0.2, 0.25) is 0 Å². The van der Waals surface area contributed by atoms with Gasteiger partial charge in [0.15, 0.2) is 0 Å². The SMILES string of the molecule is Cc1ccccc1C(=O)N[C@@H](c1ccccc1)c1ccc2c3c(cccc13)CC2. The number of amides is 1. The molecule has 0 spiro atoms. The average Bonchev–Trinajstić information content (AvgIpc) is 3.18. The third kappa shape index (κ3) is 3.11. The lowest BCUT2D eigenvalue weighted by atomic mass is 9.91. The topological polar surface area (TPSA) is 29.1 Å². The molecule has 1 aliphatic carbocycles. The van der Waals surface area contributed by atoms with Gasteiger partial charge in [0.25, 0.3) is 5.91 Å². The Balaban J connectivity index is 1.64. The van der Waals surface area contributed by atoms with Gasteiger partial charge in [-0.05, 0) is 64.4 Å². The molecule has 0 unspecified atom stereocenters. The fraction of sp³-hybridized carbons (Fsp3) is 0.148. The van der Waals surface area contributed by atoms with Crippen LogP contribution in [0.5, 0.6) is 0 Å². The molecular weight excluding hydrogens is 354 g/mol. The number of hydrogen-bond donors (Lipinski definition) is 1. The van der Waals surface area contributed by atoms with Crippen molar-refractivity contribution >= 4 is 16.7 Å². The van der Waals surface area contributed by atoms with Gasteiger partial charge in [0.05, 0.1) is 6.04 Å². The molecule has 2 heteroatoms. The van der Waals surface area contributed by atoms with Gasteiger partial charge in [-0.3, -0.25) is 4.79 Å². The molecule has 1 atom stereocenters. The molecule has 0 radical (unpaired) electrons. The van der Waals surface area contributed by atoms with E-state index >= 15 is 0 Å². The molecule has 4 aromatic rings. The maximum atomic E-state index is 13.2. The van der Waals surface area contributed by atoms with Crippen LogP contribution in [0.2, 0.25) is 0 Å². The van der Waals surface area contributed by atoms with Gasteiger partial charge >= 0.3 is 0 Å². The number of benzene rings is 4. The zero-order valence-electron chi connectivity index (χ0n) is 16.5. The van der Waals surface area contributed by atoms with Crippen LogP contribution in [0.15, 0.2) is 84.9 Å². The summed E-state index contributed by atoms with van der Waals surface area (Å²) in [6.07, 6.45) is 2.20. The summed E-state index contributed by atoms with van der Waals surface area (Å²) in [5, 5.41) is 5.94. The standard InChI is InChI=1S/C27H23NO/c1-18-8-5-6-12-22(18)27(29)28-26(21-9-3-2-4-10-21)24-17-16-20-15-14-19-11-7-13-23(24)25(19)20/h2-13,16-17,26H,14-15H2,1H3,(H,28,29)/t26-/m0/s1. The molecule has 0 saturated heterocycles. The van der Waals surface area contributed by atoms with Crippen LogP contribution in [0.25, 0.3) is 10.8 Å². The number of hydrogen-bond acceptors (Lipinski definition) is 1. The summed E-state index contributed by atoms with van der Waals surface area (Å²) in [6, 6.07) is 28.8. The maximum Gasteiger partial charge on any atom is 0.252 e. The van der Waals surface area contributed by atoms with Gasteiger partial charge in [-0.2, -0.15) is 0 Å². The lowest BCUT2D eigenvalue weighted by Gasteiger charge is -2.22. The summed E-state index contributed by atoms with van der Waals surface area (Å²) in [7, 11) is 0. The van der Waals surface area contributed by atoms with Crippen LogP contribution in [0.1, 0.15) is 44.2 Å². The van der Waals surface area contributed by atoms with E-state index in [4.69, 9.17) is 0 Å². The molecule has 0 saturated carbocycles. The Bertz CT molecular complexity index is 1200. The highest BCUT2D eigenvalue weighted by Crippen LogP contribution is 2.36. The van der Waals surface area contributed by atoms with E-state index in [1.54, 1.807) is 0 Å². The van der Waals surface area contributed by atoms with Crippen molar-refractivity contribution in [2.24, 2.45) is 0 Å². The van der Waals surface area contributed by atoms with Crippen molar-refractivity contribution in [2.45, 2.75) is 25.8 Å². The fourth-order valence-electron chi connectivity index (χ4n) is 4.54. The fourth-order valence-corrected chi connectivity index (χ4v) is 4.54. The smallest absolute Gasteiger partial charge is 0.252 e. The second-order valence-electron chi connectivity index (χ2n) is 7.79. The van der Waals surface area contributed by atoms with Crippen molar-refractivity contribution < 1.29 is 4.79 Å². The van der Waals surface area contributed by atoms with E-state index in [0.717, 1.165) is 35.1 Å². The molecule has 1 aliphatic rings. The normalized spacial score (nSPS) is 13.4. The average molecular weight is 377 g/mol. The Morgan fingerprint density at radius 3 is 2.31 bits per heavy atom. The van der Waals surface area contributed by atoms with Crippen molar-refractivity contribution in [1.82, 2.24) is 5.32 Å². The van der Waals surface area contributed by atoms with Gasteiger partial charge in [-0.25, -0.2) is 0 Å². The first-order valence-corrected chi connectivity index (χ1v) is 10.2. The molecule has 0 aromatic heterocycles. The van der Waals surface area contributed by atoms with Gasteiger partial charge < -0.3 is 5.32 Å². The molecule has 1 amide bonds. The summed E-state index contributed by atoms with van der Waals surface area (Å²) in [5.74, 6) is -0.0415. The summed E-state index contributed by atoms with van der Waals surface area (Å²) in [4.78, 5) is 13.2. The van der Waals surface area contributed by atoms with E-state index < -0.39 is 0 Å². The van der Waals surface area contributed by atoms with Gasteiger partial charge in [-0.15, -0.1) is 0 Å². The summed E-state index contributed by atoms with van der Waals surface area (Å²) in [5.41, 5.74) is 6.78. The first kappa shape index (κ1) is 17.7. The predicted molar refractivity (Wildman–Crippen MR) is 118 cm³/mol. The maximum absolute atomic E-state index is 13.2. The molecule has 0 fully saturated rings. The minimum atomic E-state index is -0.201. The molecule has 0 bridgehead atoms.